The molecule has 0 unspecified atom stereocenters. The lowest BCUT2D eigenvalue weighted by molar-refractivity contribution is 0.410. The molecule has 0 aliphatic heterocycles. The molecule has 2 rings (SSSR count). The minimum Gasteiger partial charge on any atom is -0.494 e. The molecule has 0 saturated heterocycles. The van der Waals surface area contributed by atoms with E-state index in [1.54, 1.807) is 13.8 Å². The van der Waals surface area contributed by atoms with Crippen molar-refractivity contribution in [3.05, 3.63) is 68.8 Å². The van der Waals surface area contributed by atoms with Gasteiger partial charge in [-0.25, -0.2) is 4.85 Å². The van der Waals surface area contributed by atoms with Crippen LogP contribution in [-0.4, -0.2) is 9.67 Å². The second-order valence-corrected chi connectivity index (χ2v) is 4.41. The van der Waals surface area contributed by atoms with Gasteiger partial charge in [0.25, 0.3) is 11.2 Å². The molecule has 1 aromatic carbocycles. The number of pyridine rings is 1. The van der Waals surface area contributed by atoms with Crippen molar-refractivity contribution in [3.63, 3.8) is 0 Å². The van der Waals surface area contributed by atoms with E-state index in [0.29, 0.717) is 11.1 Å². The van der Waals surface area contributed by atoms with Crippen LogP contribution in [0, 0.1) is 20.4 Å². The van der Waals surface area contributed by atoms with E-state index >= 15 is 0 Å². The maximum absolute atomic E-state index is 12.2. The first-order chi connectivity index (χ1) is 9.06. The van der Waals surface area contributed by atoms with E-state index in [1.165, 1.54) is 4.57 Å². The van der Waals surface area contributed by atoms with E-state index in [2.05, 4.69) is 4.85 Å². The van der Waals surface area contributed by atoms with Crippen LogP contribution < -0.4 is 5.56 Å². The summed E-state index contributed by atoms with van der Waals surface area (Å²) < 4.78 is 1.24. The van der Waals surface area contributed by atoms with E-state index in [0.717, 1.165) is 5.56 Å². The molecule has 2 aromatic rings. The van der Waals surface area contributed by atoms with Crippen LogP contribution in [0.4, 0.5) is 5.69 Å². The number of nitrogens with zero attached hydrogens (tertiary/aromatic N) is 2. The van der Waals surface area contributed by atoms with Crippen molar-refractivity contribution >= 4 is 5.69 Å². The summed E-state index contributed by atoms with van der Waals surface area (Å²) in [5.74, 6) is -0.0706. The Morgan fingerprint density at radius 2 is 1.84 bits per heavy atom. The summed E-state index contributed by atoms with van der Waals surface area (Å²) in [6.07, 6.45) is 0. The summed E-state index contributed by atoms with van der Waals surface area (Å²) >= 11 is 0. The molecule has 96 valence electrons. The fourth-order valence-electron chi connectivity index (χ4n) is 1.98. The Balaban J connectivity index is 2.62. The number of hydrogen-bond donors (Lipinski definition) is 1. The molecule has 19 heavy (non-hydrogen) atoms. The van der Waals surface area contributed by atoms with Crippen LogP contribution in [0.15, 0.2) is 35.1 Å². The Labute approximate surface area is 111 Å². The highest BCUT2D eigenvalue weighted by molar-refractivity contribution is 5.56. The minimum absolute atomic E-state index is 0.0706. The highest BCUT2D eigenvalue weighted by atomic mass is 16.3. The van der Waals surface area contributed by atoms with Crippen molar-refractivity contribution in [2.45, 2.75) is 20.4 Å². The van der Waals surface area contributed by atoms with Gasteiger partial charge in [-0.15, -0.1) is 0 Å². The lowest BCUT2D eigenvalue weighted by atomic mass is 10.1. The van der Waals surface area contributed by atoms with Gasteiger partial charge in [0.1, 0.15) is 0 Å². The fourth-order valence-corrected chi connectivity index (χ4v) is 1.98. The molecular weight excluding hydrogens is 240 g/mol. The molecule has 1 heterocycles. The Hall–Kier alpha value is -2.54. The predicted molar refractivity (Wildman–Crippen MR) is 73.6 cm³/mol. The zero-order chi connectivity index (χ0) is 14.0. The van der Waals surface area contributed by atoms with Gasteiger partial charge in [-0.2, -0.15) is 0 Å². The topological polar surface area (TPSA) is 46.6 Å². The first kappa shape index (κ1) is 12.9. The van der Waals surface area contributed by atoms with Gasteiger partial charge in [0.15, 0.2) is 5.88 Å². The summed E-state index contributed by atoms with van der Waals surface area (Å²) in [6, 6.07) is 9.37. The predicted octanol–water partition coefficient (Wildman–Crippen LogP) is 2.77. The first-order valence-corrected chi connectivity index (χ1v) is 5.90. The molecular formula is C15H14N2O2. The zero-order valence-corrected chi connectivity index (χ0v) is 10.8. The molecule has 0 saturated carbocycles. The van der Waals surface area contributed by atoms with E-state index in [9.17, 15) is 9.90 Å². The maximum atomic E-state index is 12.2. The van der Waals surface area contributed by atoms with Gasteiger partial charge in [-0.1, -0.05) is 30.3 Å². The second kappa shape index (κ2) is 4.99. The highest BCUT2D eigenvalue weighted by Gasteiger charge is 2.16. The third kappa shape index (κ3) is 2.23. The maximum Gasteiger partial charge on any atom is 0.260 e. The average Bonchev–Trinajstić information content (AvgIpc) is 2.43. The van der Waals surface area contributed by atoms with Gasteiger partial charge in [0.05, 0.1) is 13.1 Å². The molecule has 4 heteroatoms. The van der Waals surface area contributed by atoms with Crippen molar-refractivity contribution in [1.29, 1.82) is 0 Å². The Kier molecular flexibility index (Phi) is 3.39. The molecule has 0 spiro atoms. The molecule has 0 atom stereocenters. The molecule has 1 N–H and O–H groups in total. The number of benzene rings is 1. The van der Waals surface area contributed by atoms with E-state index in [1.807, 2.05) is 30.3 Å². The van der Waals surface area contributed by atoms with Crippen molar-refractivity contribution in [1.82, 2.24) is 4.57 Å². The summed E-state index contributed by atoms with van der Waals surface area (Å²) in [7, 11) is 0. The van der Waals surface area contributed by atoms with Crippen molar-refractivity contribution in [2.75, 3.05) is 0 Å². The monoisotopic (exact) mass is 254 g/mol. The molecule has 0 aliphatic rings. The van der Waals surface area contributed by atoms with Crippen LogP contribution in [0.2, 0.25) is 0 Å². The normalized spacial score (nSPS) is 10.2. The molecule has 0 fully saturated rings. The first-order valence-electron chi connectivity index (χ1n) is 5.90. The van der Waals surface area contributed by atoms with Crippen molar-refractivity contribution < 1.29 is 5.11 Å². The van der Waals surface area contributed by atoms with Gasteiger partial charge >= 0.3 is 0 Å². The lowest BCUT2D eigenvalue weighted by Crippen LogP contribution is -2.22. The van der Waals surface area contributed by atoms with Crippen LogP contribution in [0.25, 0.3) is 4.85 Å². The van der Waals surface area contributed by atoms with Gasteiger partial charge in [0.2, 0.25) is 0 Å². The Morgan fingerprint density at radius 1 is 1.21 bits per heavy atom. The summed E-state index contributed by atoms with van der Waals surface area (Å²) in [5.41, 5.74) is 1.65. The molecule has 1 aromatic heterocycles. The Bertz CT molecular complexity index is 710. The summed E-state index contributed by atoms with van der Waals surface area (Å²) in [4.78, 5) is 15.5. The Morgan fingerprint density at radius 3 is 2.42 bits per heavy atom. The highest BCUT2D eigenvalue weighted by Crippen LogP contribution is 2.25. The largest absolute Gasteiger partial charge is 0.494 e. The van der Waals surface area contributed by atoms with Gasteiger partial charge in [0, 0.05) is 5.56 Å². The smallest absolute Gasteiger partial charge is 0.260 e. The molecule has 0 bridgehead atoms. The van der Waals surface area contributed by atoms with Crippen LogP contribution in [0.5, 0.6) is 5.88 Å². The van der Waals surface area contributed by atoms with E-state index in [4.69, 9.17) is 6.57 Å². The van der Waals surface area contributed by atoms with Crippen LogP contribution >= 0.6 is 0 Å². The van der Waals surface area contributed by atoms with Crippen LogP contribution in [0.1, 0.15) is 16.7 Å². The standard InChI is InChI=1S/C15H14N2O2/c1-10-11(2)14(18)17(15(19)13(10)16-3)9-12-7-5-4-6-8-12/h4-8,18H,9H2,1-2H3. The van der Waals surface area contributed by atoms with Gasteiger partial charge < -0.3 is 5.11 Å². The van der Waals surface area contributed by atoms with E-state index < -0.39 is 5.56 Å². The molecule has 4 nitrogen and oxygen atoms in total. The van der Waals surface area contributed by atoms with Crippen LogP contribution in [0.3, 0.4) is 0 Å². The number of aromatic nitrogens is 1. The SMILES string of the molecule is [C-]#[N+]c1c(C)c(C)c(O)n(Cc2ccccc2)c1=O. The number of rotatable bonds is 2. The average molecular weight is 254 g/mol. The molecule has 0 aliphatic carbocycles. The van der Waals surface area contributed by atoms with Crippen molar-refractivity contribution in [3.8, 4) is 5.88 Å². The number of aromatic hydroxyl groups is 1. The summed E-state index contributed by atoms with van der Waals surface area (Å²) in [6.45, 7) is 10.7. The molecule has 0 amide bonds. The van der Waals surface area contributed by atoms with Crippen molar-refractivity contribution in [2.24, 2.45) is 0 Å². The number of hydrogen-bond acceptors (Lipinski definition) is 2. The second-order valence-electron chi connectivity index (χ2n) is 4.41. The third-order valence-corrected chi connectivity index (χ3v) is 3.25. The van der Waals surface area contributed by atoms with Gasteiger partial charge in [-0.05, 0) is 25.0 Å². The molecule has 0 radical (unpaired) electrons. The fraction of sp³-hybridized carbons (Fsp3) is 0.200. The lowest BCUT2D eigenvalue weighted by Gasteiger charge is -2.14. The van der Waals surface area contributed by atoms with E-state index in [-0.39, 0.29) is 18.1 Å². The van der Waals surface area contributed by atoms with Gasteiger partial charge in [-0.3, -0.25) is 9.36 Å². The third-order valence-electron chi connectivity index (χ3n) is 3.25. The zero-order valence-electron chi connectivity index (χ0n) is 10.8. The quantitative estimate of drug-likeness (QED) is 0.838. The summed E-state index contributed by atoms with van der Waals surface area (Å²) in [5, 5.41) is 10.1. The van der Waals surface area contributed by atoms with Crippen LogP contribution in [-0.2, 0) is 6.54 Å². The minimum atomic E-state index is -0.445.